The molecule has 3 amide bonds. The Hall–Kier alpha value is -1.47. The van der Waals surface area contributed by atoms with Crippen molar-refractivity contribution in [3.05, 3.63) is 30.3 Å². The third kappa shape index (κ3) is 4.13. The van der Waals surface area contributed by atoms with Crippen LogP contribution in [0.4, 0.5) is 4.79 Å². The average molecular weight is 364 g/mol. The lowest BCUT2D eigenvalue weighted by molar-refractivity contribution is -0.132. The van der Waals surface area contributed by atoms with Crippen LogP contribution in [0, 0.1) is 0 Å². The summed E-state index contributed by atoms with van der Waals surface area (Å²) in [7, 11) is 0. The summed E-state index contributed by atoms with van der Waals surface area (Å²) >= 11 is 2.76. The van der Waals surface area contributed by atoms with Crippen LogP contribution in [0.25, 0.3) is 0 Å². The second kappa shape index (κ2) is 8.07. The van der Waals surface area contributed by atoms with Crippen LogP contribution in [-0.2, 0) is 9.59 Å². The van der Waals surface area contributed by atoms with Crippen LogP contribution in [0.1, 0.15) is 19.3 Å². The van der Waals surface area contributed by atoms with Crippen LogP contribution in [0.2, 0.25) is 0 Å². The Morgan fingerprint density at radius 3 is 2.50 bits per heavy atom. The van der Waals surface area contributed by atoms with E-state index in [1.165, 1.54) is 9.80 Å². The van der Waals surface area contributed by atoms with Gasteiger partial charge in [0.1, 0.15) is 0 Å². The number of carbonyl (C=O) groups is 3. The fraction of sp³-hybridized carbons (Fsp3) is 0.471. The van der Waals surface area contributed by atoms with Gasteiger partial charge in [0.15, 0.2) is 0 Å². The van der Waals surface area contributed by atoms with Gasteiger partial charge in [0.25, 0.3) is 5.24 Å². The van der Waals surface area contributed by atoms with Gasteiger partial charge in [0.05, 0.1) is 5.75 Å². The fourth-order valence-corrected chi connectivity index (χ4v) is 4.66. The zero-order chi connectivity index (χ0) is 16.9. The quantitative estimate of drug-likeness (QED) is 0.752. The Bertz CT molecular complexity index is 600. The van der Waals surface area contributed by atoms with Crippen LogP contribution < -0.4 is 0 Å². The van der Waals surface area contributed by atoms with Gasteiger partial charge in [-0.25, -0.2) is 0 Å². The maximum atomic E-state index is 12.3. The van der Waals surface area contributed by atoms with E-state index in [1.54, 1.807) is 11.8 Å². The first-order valence-electron chi connectivity index (χ1n) is 8.09. The summed E-state index contributed by atoms with van der Waals surface area (Å²) in [6.07, 6.45) is 1.90. The summed E-state index contributed by atoms with van der Waals surface area (Å²) in [4.78, 5) is 40.3. The van der Waals surface area contributed by atoms with Gasteiger partial charge in [-0.2, -0.15) is 0 Å². The van der Waals surface area contributed by atoms with Crippen molar-refractivity contribution in [2.24, 2.45) is 0 Å². The van der Waals surface area contributed by atoms with E-state index in [-0.39, 0.29) is 28.8 Å². The van der Waals surface area contributed by atoms with Gasteiger partial charge in [-0.3, -0.25) is 19.3 Å². The predicted octanol–water partition coefficient (Wildman–Crippen LogP) is 2.86. The zero-order valence-corrected chi connectivity index (χ0v) is 15.0. The largest absolute Gasteiger partial charge is 0.343 e. The first-order chi connectivity index (χ1) is 11.6. The van der Waals surface area contributed by atoms with E-state index in [9.17, 15) is 14.4 Å². The van der Waals surface area contributed by atoms with Gasteiger partial charge in [-0.05, 0) is 25.0 Å². The molecule has 0 atom stereocenters. The Labute approximate surface area is 150 Å². The van der Waals surface area contributed by atoms with Crippen LogP contribution in [0.3, 0.4) is 0 Å². The number of rotatable bonds is 5. The molecule has 0 spiro atoms. The highest BCUT2D eigenvalue weighted by atomic mass is 32.2. The number of carbonyl (C=O) groups excluding carboxylic acids is 3. The molecular formula is C17H20N2O3S2. The summed E-state index contributed by atoms with van der Waals surface area (Å²) in [5.41, 5.74) is 0. The smallest absolute Gasteiger partial charge is 0.289 e. The summed E-state index contributed by atoms with van der Waals surface area (Å²) in [6.45, 7) is 1.25. The number of nitrogens with zero attached hydrogens (tertiary/aromatic N) is 2. The highest BCUT2D eigenvalue weighted by Crippen LogP contribution is 2.27. The van der Waals surface area contributed by atoms with Crippen molar-refractivity contribution in [2.45, 2.75) is 30.2 Å². The van der Waals surface area contributed by atoms with Crippen molar-refractivity contribution in [3.63, 3.8) is 0 Å². The van der Waals surface area contributed by atoms with Crippen molar-refractivity contribution < 1.29 is 14.4 Å². The number of thioether (sulfide) groups is 2. The van der Waals surface area contributed by atoms with Crippen LogP contribution in [0.15, 0.2) is 35.2 Å². The molecule has 0 bridgehead atoms. The predicted molar refractivity (Wildman–Crippen MR) is 96.1 cm³/mol. The van der Waals surface area contributed by atoms with Gasteiger partial charge in [0, 0.05) is 36.2 Å². The number of amides is 3. The second-order valence-corrected chi connectivity index (χ2v) is 7.94. The Kier molecular flexibility index (Phi) is 5.84. The zero-order valence-electron chi connectivity index (χ0n) is 13.3. The molecular weight excluding hydrogens is 344 g/mol. The van der Waals surface area contributed by atoms with Crippen molar-refractivity contribution in [1.82, 2.24) is 9.80 Å². The first kappa shape index (κ1) is 17.4. The molecule has 2 fully saturated rings. The minimum Gasteiger partial charge on any atom is -0.343 e. The molecule has 0 unspecified atom stereocenters. The highest BCUT2D eigenvalue weighted by molar-refractivity contribution is 8.14. The summed E-state index contributed by atoms with van der Waals surface area (Å²) in [5, 5.41) is -0.135. The van der Waals surface area contributed by atoms with Crippen molar-refractivity contribution in [3.8, 4) is 0 Å². The second-order valence-electron chi connectivity index (χ2n) is 5.84. The molecule has 3 rings (SSSR count). The van der Waals surface area contributed by atoms with E-state index in [2.05, 4.69) is 0 Å². The maximum absolute atomic E-state index is 12.3. The van der Waals surface area contributed by atoms with E-state index in [0.29, 0.717) is 32.4 Å². The van der Waals surface area contributed by atoms with Crippen LogP contribution in [-0.4, -0.2) is 57.5 Å². The minimum atomic E-state index is -0.135. The fourth-order valence-electron chi connectivity index (χ4n) is 3.02. The number of piperidine rings is 1. The summed E-state index contributed by atoms with van der Waals surface area (Å²) in [5.74, 6) is 1.09. The van der Waals surface area contributed by atoms with Gasteiger partial charge < -0.3 is 4.90 Å². The maximum Gasteiger partial charge on any atom is 0.289 e. The molecule has 1 aromatic carbocycles. The number of benzene rings is 1. The van der Waals surface area contributed by atoms with Crippen molar-refractivity contribution in [2.75, 3.05) is 24.6 Å². The van der Waals surface area contributed by atoms with E-state index >= 15 is 0 Å². The number of hydrogen-bond donors (Lipinski definition) is 0. The molecule has 1 aromatic rings. The molecule has 0 aromatic heterocycles. The molecule has 2 aliphatic rings. The van der Waals surface area contributed by atoms with E-state index in [0.717, 1.165) is 17.5 Å². The number of imide groups is 1. The summed E-state index contributed by atoms with van der Waals surface area (Å²) in [6, 6.07) is 10.0. The van der Waals surface area contributed by atoms with Crippen LogP contribution in [0.5, 0.6) is 0 Å². The van der Waals surface area contributed by atoms with Crippen molar-refractivity contribution in [1.29, 1.82) is 0 Å². The standard InChI is InChI=1S/C17H20N2O3S2/c20-15(8-11-23-14-4-2-1-3-5-14)18-9-6-13(7-10-18)19-16(21)12-24-17(19)22/h1-5,13H,6-12H2. The highest BCUT2D eigenvalue weighted by Gasteiger charge is 2.37. The van der Waals surface area contributed by atoms with Crippen molar-refractivity contribution >= 4 is 40.6 Å². The topological polar surface area (TPSA) is 57.7 Å². The molecule has 0 N–H and O–H groups in total. The average Bonchev–Trinajstić information content (AvgIpc) is 2.94. The SMILES string of the molecule is O=C(CCSc1ccccc1)N1CCC(N2C(=O)CSC2=O)CC1. The van der Waals surface area contributed by atoms with E-state index < -0.39 is 0 Å². The molecule has 2 saturated heterocycles. The number of likely N-dealkylation sites (tertiary alicyclic amines) is 1. The molecule has 0 radical (unpaired) electrons. The normalized spacial score (nSPS) is 19.2. The monoisotopic (exact) mass is 364 g/mol. The van der Waals surface area contributed by atoms with Gasteiger partial charge in [-0.1, -0.05) is 30.0 Å². The van der Waals surface area contributed by atoms with Crippen LogP contribution >= 0.6 is 23.5 Å². The number of hydrogen-bond acceptors (Lipinski definition) is 5. The Morgan fingerprint density at radius 1 is 1.17 bits per heavy atom. The Balaban J connectivity index is 1.42. The molecule has 5 nitrogen and oxygen atoms in total. The lowest BCUT2D eigenvalue weighted by Gasteiger charge is -2.35. The third-order valence-corrected chi connectivity index (χ3v) is 6.14. The van der Waals surface area contributed by atoms with Gasteiger partial charge >= 0.3 is 0 Å². The van der Waals surface area contributed by atoms with Gasteiger partial charge in [-0.15, -0.1) is 11.8 Å². The minimum absolute atomic E-state index is 0.0391. The lowest BCUT2D eigenvalue weighted by atomic mass is 10.0. The molecule has 2 heterocycles. The molecule has 0 aliphatic carbocycles. The van der Waals surface area contributed by atoms with Gasteiger partial charge in [0.2, 0.25) is 11.8 Å². The molecule has 24 heavy (non-hydrogen) atoms. The first-order valence-corrected chi connectivity index (χ1v) is 10.1. The Morgan fingerprint density at radius 2 is 1.88 bits per heavy atom. The molecule has 2 aliphatic heterocycles. The molecule has 7 heteroatoms. The van der Waals surface area contributed by atoms with E-state index in [1.807, 2.05) is 35.2 Å². The summed E-state index contributed by atoms with van der Waals surface area (Å²) < 4.78 is 0. The third-order valence-electron chi connectivity index (χ3n) is 4.29. The lowest BCUT2D eigenvalue weighted by Crippen LogP contribution is -2.48. The molecule has 128 valence electrons. The molecule has 0 saturated carbocycles. The van der Waals surface area contributed by atoms with E-state index in [4.69, 9.17) is 0 Å².